The lowest BCUT2D eigenvalue weighted by atomic mass is 10.1. The predicted octanol–water partition coefficient (Wildman–Crippen LogP) is -6.23. The first kappa shape index (κ1) is 76.9. The van der Waals surface area contributed by atoms with Crippen LogP contribution in [0.25, 0.3) is 0 Å². The van der Waals surface area contributed by atoms with E-state index in [1.807, 2.05) is 34.6 Å². The minimum atomic E-state index is -0.933. The molecule has 0 saturated carbocycles. The lowest BCUT2D eigenvalue weighted by Gasteiger charge is -2.20. The van der Waals surface area contributed by atoms with Crippen LogP contribution in [-0.4, -0.2) is 315 Å². The molecule has 0 bridgehead atoms. The monoisotopic (exact) mass is 1030 g/mol. The first-order valence-electron chi connectivity index (χ1n) is 23.2. The highest BCUT2D eigenvalue weighted by atomic mass is 16.6. The molecule has 0 saturated heterocycles. The van der Waals surface area contributed by atoms with Gasteiger partial charge in [0.2, 0.25) is 0 Å². The second kappa shape index (κ2) is 61.3. The van der Waals surface area contributed by atoms with Crippen LogP contribution >= 0.6 is 0 Å². The third-order valence-electron chi connectivity index (χ3n) is 7.91. The van der Waals surface area contributed by atoms with Crippen LogP contribution in [0.3, 0.4) is 0 Å². The molecule has 0 rings (SSSR count). The average molecular weight is 1030 g/mol. The maximum absolute atomic E-state index is 9.17. The Balaban J connectivity index is -0.000000253. The van der Waals surface area contributed by atoms with Crippen molar-refractivity contribution in [3.8, 4) is 0 Å². The minimum absolute atomic E-state index is 0.00500. The molecule has 0 aliphatic carbocycles. The highest BCUT2D eigenvalue weighted by Gasteiger charge is 2.15. The molecular formula is C43H96O26. The smallest absolute Gasteiger partial charge is 0.104 e. The van der Waals surface area contributed by atoms with Gasteiger partial charge in [-0.15, -0.1) is 0 Å². The van der Waals surface area contributed by atoms with Crippen molar-refractivity contribution in [3.05, 3.63) is 0 Å². The van der Waals surface area contributed by atoms with Crippen LogP contribution in [0.2, 0.25) is 0 Å². The summed E-state index contributed by atoms with van der Waals surface area (Å²) in [5, 5.41) is 140. The number of ether oxygens (including phenoxy) is 10. The van der Waals surface area contributed by atoms with Crippen molar-refractivity contribution in [2.45, 2.75) is 102 Å². The number of aliphatic hydroxyl groups is 16. The lowest BCUT2D eigenvalue weighted by molar-refractivity contribution is -0.0964. The fourth-order valence-corrected chi connectivity index (χ4v) is 3.92. The molecule has 16 N–H and O–H groups in total. The molecule has 26 nitrogen and oxygen atoms in total. The van der Waals surface area contributed by atoms with Gasteiger partial charge >= 0.3 is 0 Å². The molecule has 0 amide bonds. The summed E-state index contributed by atoms with van der Waals surface area (Å²) >= 11 is 0. The van der Waals surface area contributed by atoms with E-state index in [0.717, 1.165) is 6.42 Å². The van der Waals surface area contributed by atoms with Gasteiger partial charge in [-0.3, -0.25) is 0 Å². The number of aliphatic hydroxyl groups excluding tert-OH is 16. The van der Waals surface area contributed by atoms with Crippen molar-refractivity contribution in [3.63, 3.8) is 0 Å². The summed E-state index contributed by atoms with van der Waals surface area (Å²) in [5.74, 6) is 0.173. The Morgan fingerprint density at radius 2 is 0.478 bits per heavy atom. The van der Waals surface area contributed by atoms with E-state index in [4.69, 9.17) is 124 Å². The summed E-state index contributed by atoms with van der Waals surface area (Å²) in [6.07, 6.45) is -6.66. The number of hydrogen-bond donors (Lipinski definition) is 16. The Morgan fingerprint density at radius 3 is 0.797 bits per heavy atom. The van der Waals surface area contributed by atoms with Crippen molar-refractivity contribution in [2.75, 3.05) is 172 Å². The zero-order chi connectivity index (χ0) is 53.5. The molecule has 10 unspecified atom stereocenters. The van der Waals surface area contributed by atoms with Gasteiger partial charge in [0, 0.05) is 32.3 Å². The Morgan fingerprint density at radius 1 is 0.246 bits per heavy atom. The van der Waals surface area contributed by atoms with E-state index in [0.29, 0.717) is 52.9 Å². The molecule has 10 atom stereocenters. The molecule has 0 aromatic rings. The lowest BCUT2D eigenvalue weighted by Crippen LogP contribution is -2.32. The molecule has 0 aliphatic rings. The van der Waals surface area contributed by atoms with Gasteiger partial charge in [0.15, 0.2) is 0 Å². The van der Waals surface area contributed by atoms with E-state index >= 15 is 0 Å². The molecule has 0 fully saturated rings. The van der Waals surface area contributed by atoms with Gasteiger partial charge in [0.05, 0.1) is 145 Å². The fraction of sp³-hybridized carbons (Fsp3) is 1.00. The highest BCUT2D eigenvalue weighted by Crippen LogP contribution is 2.05. The third-order valence-corrected chi connectivity index (χ3v) is 7.91. The third kappa shape index (κ3) is 63.0. The molecular weight excluding hydrogens is 932 g/mol. The van der Waals surface area contributed by atoms with E-state index in [2.05, 4.69) is 0 Å². The quantitative estimate of drug-likeness (QED) is 0.0270. The second-order valence-electron chi connectivity index (χ2n) is 14.7. The minimum Gasteiger partial charge on any atom is -0.394 e. The molecule has 424 valence electrons. The summed E-state index contributed by atoms with van der Waals surface area (Å²) in [4.78, 5) is 0. The van der Waals surface area contributed by atoms with Gasteiger partial charge in [-0.2, -0.15) is 0 Å². The Hall–Kier alpha value is -1.04. The van der Waals surface area contributed by atoms with Crippen molar-refractivity contribution in [1.29, 1.82) is 0 Å². The topological polar surface area (TPSA) is 416 Å². The maximum Gasteiger partial charge on any atom is 0.104 e. The molecule has 0 aromatic heterocycles. The van der Waals surface area contributed by atoms with Crippen LogP contribution in [0.4, 0.5) is 0 Å². The summed E-state index contributed by atoms with van der Waals surface area (Å²) in [6.45, 7) is 11.6. The second-order valence-corrected chi connectivity index (χ2v) is 14.7. The molecule has 26 heteroatoms. The number of hydrogen-bond acceptors (Lipinski definition) is 26. The Kier molecular flexibility index (Phi) is 68.2. The SMILES string of the molecule is CCC(COCC(O)CO)COCC(O)CO.CCOCC(CO)OCC(O)CO.CCOCC(COCC(O)CO)OCC(O)CO.CCOCC(O)CO.CCOCC(O)COCC(O)CO. The molecule has 0 spiro atoms. The first-order chi connectivity index (χ1) is 33.0. The van der Waals surface area contributed by atoms with Crippen LogP contribution < -0.4 is 0 Å². The van der Waals surface area contributed by atoms with Crippen LogP contribution in [0.15, 0.2) is 0 Å². The standard InChI is InChI=1S/C11H24O7.C11H24O6.2C8H18O5.C5H12O3/c1-2-16-7-11(18-6-10(15)4-13)8-17-5-9(14)3-12;1-2-9(5-16-7-10(14)3-12)6-17-8-11(15)4-13;1-2-12-6-8(4-10)13-5-7(11)3-9;1-2-12-5-8(11)6-13-4-7(10)3-9;1-2-8-4-5(7)3-6/h9-15H,2-8H2,1H3;9-15H,2-8H2,1H3;2*7-11H,2-6H2,1H3;5-7H,2-4H2,1H3. The maximum atomic E-state index is 9.17. The fourth-order valence-electron chi connectivity index (χ4n) is 3.92. The van der Waals surface area contributed by atoms with Crippen molar-refractivity contribution >= 4 is 0 Å². The van der Waals surface area contributed by atoms with Gasteiger partial charge in [0.1, 0.15) is 61.0 Å². The van der Waals surface area contributed by atoms with Crippen molar-refractivity contribution in [2.24, 2.45) is 5.92 Å². The summed E-state index contributed by atoms with van der Waals surface area (Å²) < 4.78 is 50.8. The molecule has 0 heterocycles. The van der Waals surface area contributed by atoms with Gasteiger partial charge in [0.25, 0.3) is 0 Å². The summed E-state index contributed by atoms with van der Waals surface area (Å²) in [5.41, 5.74) is 0. The summed E-state index contributed by atoms with van der Waals surface area (Å²) in [6, 6.07) is 0. The molecule has 0 radical (unpaired) electrons. The average Bonchev–Trinajstić information content (AvgIpc) is 3.37. The van der Waals surface area contributed by atoms with Crippen molar-refractivity contribution < 1.29 is 129 Å². The number of rotatable bonds is 43. The van der Waals surface area contributed by atoms with E-state index in [9.17, 15) is 5.11 Å². The van der Waals surface area contributed by atoms with Crippen LogP contribution in [-0.2, 0) is 47.4 Å². The zero-order valence-electron chi connectivity index (χ0n) is 41.7. The Labute approximate surface area is 408 Å². The van der Waals surface area contributed by atoms with Crippen LogP contribution in [0.5, 0.6) is 0 Å². The summed E-state index contributed by atoms with van der Waals surface area (Å²) in [7, 11) is 0. The highest BCUT2D eigenvalue weighted by molar-refractivity contribution is 4.61. The largest absolute Gasteiger partial charge is 0.394 e. The zero-order valence-corrected chi connectivity index (χ0v) is 41.7. The normalized spacial score (nSPS) is 16.0. The van der Waals surface area contributed by atoms with Crippen LogP contribution in [0, 0.1) is 5.92 Å². The van der Waals surface area contributed by atoms with Gasteiger partial charge in [-0.1, -0.05) is 6.92 Å². The van der Waals surface area contributed by atoms with Crippen LogP contribution in [0.1, 0.15) is 41.0 Å². The van der Waals surface area contributed by atoms with Gasteiger partial charge < -0.3 is 129 Å². The first-order valence-corrected chi connectivity index (χ1v) is 23.2. The van der Waals surface area contributed by atoms with E-state index in [-0.39, 0.29) is 125 Å². The molecule has 0 aromatic carbocycles. The van der Waals surface area contributed by atoms with Crippen molar-refractivity contribution in [1.82, 2.24) is 0 Å². The van der Waals surface area contributed by atoms with Gasteiger partial charge in [-0.05, 0) is 34.1 Å². The van der Waals surface area contributed by atoms with E-state index in [1.54, 1.807) is 0 Å². The van der Waals surface area contributed by atoms with Gasteiger partial charge in [-0.25, -0.2) is 0 Å². The molecule has 0 aliphatic heterocycles. The van der Waals surface area contributed by atoms with E-state index < -0.39 is 61.0 Å². The Bertz CT molecular complexity index is 908. The molecule has 69 heavy (non-hydrogen) atoms. The van der Waals surface area contributed by atoms with E-state index in [1.165, 1.54) is 0 Å². The predicted molar refractivity (Wildman–Crippen MR) is 247 cm³/mol.